The lowest BCUT2D eigenvalue weighted by Gasteiger charge is -2.34. The highest BCUT2D eigenvalue weighted by molar-refractivity contribution is 8.04. The third-order valence-electron chi connectivity index (χ3n) is 7.19. The Balaban J connectivity index is 1.29. The summed E-state index contributed by atoms with van der Waals surface area (Å²) in [5.41, 5.74) is 4.72. The van der Waals surface area contributed by atoms with Crippen molar-refractivity contribution < 1.29 is 4.79 Å². The molecule has 0 bridgehead atoms. The summed E-state index contributed by atoms with van der Waals surface area (Å²) in [6.45, 7) is 6.20. The van der Waals surface area contributed by atoms with Gasteiger partial charge in [0.2, 0.25) is 11.9 Å². The number of likely N-dealkylation sites (N-methyl/N-ethyl adjacent to an activating group) is 1. The van der Waals surface area contributed by atoms with E-state index in [0.29, 0.717) is 12.5 Å². The van der Waals surface area contributed by atoms with Crippen LogP contribution in [0.5, 0.6) is 0 Å². The molecule has 5 rings (SSSR count). The molecule has 192 valence electrons. The molecule has 0 spiro atoms. The molecule has 2 aromatic carbocycles. The predicted molar refractivity (Wildman–Crippen MR) is 156 cm³/mol. The highest BCUT2D eigenvalue weighted by Gasteiger charge is 2.39. The second kappa shape index (κ2) is 11.9. The average molecular weight is 514 g/mol. The molecule has 3 aliphatic rings. The lowest BCUT2D eigenvalue weighted by Crippen LogP contribution is -2.50. The molecule has 3 heterocycles. The predicted octanol–water partition coefficient (Wildman–Crippen LogP) is 4.86. The third-order valence-corrected chi connectivity index (χ3v) is 8.71. The van der Waals surface area contributed by atoms with Gasteiger partial charge in [-0.3, -0.25) is 4.79 Å². The van der Waals surface area contributed by atoms with Crippen LogP contribution in [0.2, 0.25) is 0 Å². The molecule has 1 saturated heterocycles. The van der Waals surface area contributed by atoms with Crippen LogP contribution >= 0.6 is 11.8 Å². The topological polar surface area (TPSA) is 60.3 Å². The van der Waals surface area contributed by atoms with Crippen LogP contribution in [0.15, 0.2) is 87.2 Å². The van der Waals surface area contributed by atoms with Crippen molar-refractivity contribution in [1.29, 1.82) is 0 Å². The first-order valence-electron chi connectivity index (χ1n) is 13.1. The van der Waals surface area contributed by atoms with Crippen molar-refractivity contribution in [3.8, 4) is 0 Å². The molecule has 0 saturated carbocycles. The van der Waals surface area contributed by atoms with Gasteiger partial charge in [-0.05, 0) is 42.3 Å². The Bertz CT molecular complexity index is 1230. The molecule has 1 fully saturated rings. The zero-order chi connectivity index (χ0) is 25.6. The molecular weight excluding hydrogens is 478 g/mol. The van der Waals surface area contributed by atoms with Gasteiger partial charge >= 0.3 is 0 Å². The molecule has 2 atom stereocenters. The Morgan fingerprint density at radius 3 is 2.65 bits per heavy atom. The first-order chi connectivity index (χ1) is 18.1. The van der Waals surface area contributed by atoms with Crippen molar-refractivity contribution in [3.63, 3.8) is 0 Å². The number of benzene rings is 2. The fourth-order valence-electron chi connectivity index (χ4n) is 4.93. The van der Waals surface area contributed by atoms with Crippen molar-refractivity contribution in [2.75, 3.05) is 45.1 Å². The minimum absolute atomic E-state index is 0.0824. The normalized spacial score (nSPS) is 25.7. The molecule has 6 nitrogen and oxygen atoms in total. The monoisotopic (exact) mass is 513 g/mol. The minimum Gasteiger partial charge on any atom is -0.339 e. The molecule has 37 heavy (non-hydrogen) atoms. The zero-order valence-corrected chi connectivity index (χ0v) is 22.5. The lowest BCUT2D eigenvalue weighted by atomic mass is 9.96. The Morgan fingerprint density at radius 2 is 1.84 bits per heavy atom. The van der Waals surface area contributed by atoms with Crippen molar-refractivity contribution in [1.82, 2.24) is 9.80 Å². The number of thioether (sulfide) groups is 1. The van der Waals surface area contributed by atoms with Crippen molar-refractivity contribution in [2.24, 2.45) is 15.9 Å². The van der Waals surface area contributed by atoms with Crippen LogP contribution in [0.3, 0.4) is 0 Å². The second-order valence-corrected chi connectivity index (χ2v) is 11.1. The number of hydrogen-bond acceptors (Lipinski definition) is 6. The molecule has 0 radical (unpaired) electrons. The van der Waals surface area contributed by atoms with E-state index >= 15 is 0 Å². The maximum Gasteiger partial charge on any atom is 0.236 e. The van der Waals surface area contributed by atoms with Crippen LogP contribution in [-0.4, -0.2) is 72.9 Å². The molecule has 1 N–H and O–H groups in total. The summed E-state index contributed by atoms with van der Waals surface area (Å²) < 4.78 is 0. The van der Waals surface area contributed by atoms with Gasteiger partial charge in [-0.2, -0.15) is 0 Å². The van der Waals surface area contributed by atoms with Gasteiger partial charge in [-0.15, -0.1) is 11.8 Å². The number of anilines is 1. The summed E-state index contributed by atoms with van der Waals surface area (Å²) in [6.07, 6.45) is 7.77. The molecular formula is C30H35N5OS. The summed E-state index contributed by atoms with van der Waals surface area (Å²) in [5, 5.41) is 3.34. The van der Waals surface area contributed by atoms with Gasteiger partial charge in [-0.1, -0.05) is 61.5 Å². The highest BCUT2D eigenvalue weighted by Crippen LogP contribution is 2.44. The number of aliphatic imine (C=N–C) groups is 2. The highest BCUT2D eigenvalue weighted by atomic mass is 32.2. The van der Waals surface area contributed by atoms with Gasteiger partial charge in [0.1, 0.15) is 0 Å². The molecule has 1 unspecified atom stereocenters. The first kappa shape index (κ1) is 25.5. The number of allylic oxidation sites excluding steroid dienone is 2. The van der Waals surface area contributed by atoms with Crippen LogP contribution in [0.25, 0.3) is 0 Å². The molecule has 0 aliphatic carbocycles. The summed E-state index contributed by atoms with van der Waals surface area (Å²) in [7, 11) is 2.12. The van der Waals surface area contributed by atoms with Crippen molar-refractivity contribution >= 4 is 35.5 Å². The van der Waals surface area contributed by atoms with E-state index in [2.05, 4.69) is 89.9 Å². The standard InChI is InChI=1S/C30H35N5OS/c1-22-26-21-32-30(33-25-12-8-11-24(20-25)19-23-9-4-3-5-10-23)31-14-7-6-13-27(26)37-28(22)29(36)35-17-15-34(2)16-18-35/h3-6,8-14,20,22,28H,7,15-19,21H2,1-2H3,(H,32,33)/b13-6-,31-14-/t22-,28?/m0/s1. The van der Waals surface area contributed by atoms with E-state index in [1.165, 1.54) is 21.6 Å². The van der Waals surface area contributed by atoms with Gasteiger partial charge in [0.15, 0.2) is 0 Å². The summed E-state index contributed by atoms with van der Waals surface area (Å²) in [6, 6.07) is 18.9. The van der Waals surface area contributed by atoms with Crippen molar-refractivity contribution in [2.45, 2.75) is 25.0 Å². The van der Waals surface area contributed by atoms with E-state index < -0.39 is 0 Å². The summed E-state index contributed by atoms with van der Waals surface area (Å²) in [4.78, 5) is 28.4. The van der Waals surface area contributed by atoms with E-state index in [0.717, 1.165) is 44.7 Å². The Morgan fingerprint density at radius 1 is 1.05 bits per heavy atom. The van der Waals surface area contributed by atoms with Crippen LogP contribution < -0.4 is 5.32 Å². The molecule has 3 aliphatic heterocycles. The number of nitrogens with zero attached hydrogens (tertiary/aromatic N) is 4. The maximum atomic E-state index is 13.4. The molecule has 0 aromatic heterocycles. The number of nitrogens with one attached hydrogen (secondary N) is 1. The number of amides is 1. The largest absolute Gasteiger partial charge is 0.339 e. The molecule has 1 amide bonds. The van der Waals surface area contributed by atoms with Crippen LogP contribution in [0, 0.1) is 5.92 Å². The van der Waals surface area contributed by atoms with Gasteiger partial charge in [0.25, 0.3) is 0 Å². The second-order valence-electron chi connectivity index (χ2n) is 9.92. The van der Waals surface area contributed by atoms with E-state index in [1.807, 2.05) is 17.2 Å². The Hall–Kier alpha value is -3.16. The molecule has 2 aromatic rings. The maximum absolute atomic E-state index is 13.4. The van der Waals surface area contributed by atoms with Gasteiger partial charge < -0.3 is 15.1 Å². The summed E-state index contributed by atoms with van der Waals surface area (Å²) in [5.74, 6) is 1.000. The Kier molecular flexibility index (Phi) is 8.21. The van der Waals surface area contributed by atoms with E-state index in [-0.39, 0.29) is 17.1 Å². The number of piperazine rings is 1. The number of guanidine groups is 1. The van der Waals surface area contributed by atoms with Crippen LogP contribution in [0.1, 0.15) is 24.5 Å². The number of carbonyl (C=O) groups is 1. The van der Waals surface area contributed by atoms with E-state index in [1.54, 1.807) is 11.8 Å². The van der Waals surface area contributed by atoms with Gasteiger partial charge in [0.05, 0.1) is 11.8 Å². The van der Waals surface area contributed by atoms with E-state index in [4.69, 9.17) is 4.99 Å². The zero-order valence-electron chi connectivity index (χ0n) is 21.6. The number of carbonyl (C=O) groups excluding carboxylic acids is 1. The quantitative estimate of drug-likeness (QED) is 0.635. The fourth-order valence-corrected chi connectivity index (χ4v) is 6.40. The average Bonchev–Trinajstić information content (AvgIpc) is 3.23. The third kappa shape index (κ3) is 6.40. The van der Waals surface area contributed by atoms with Crippen LogP contribution in [0.4, 0.5) is 5.69 Å². The lowest BCUT2D eigenvalue weighted by molar-refractivity contribution is -0.132. The number of hydrogen-bond donors (Lipinski definition) is 1. The SMILES string of the molecule is C[C@H]1C2=C(/C=C\C/C=N\C(Nc3cccc(Cc4ccccc4)c3)=N/C2)SC1C(=O)N1CCN(C)CC1. The minimum atomic E-state index is -0.0824. The van der Waals surface area contributed by atoms with Crippen molar-refractivity contribution in [3.05, 3.63) is 88.4 Å². The fraction of sp³-hybridized carbons (Fsp3) is 0.367. The van der Waals surface area contributed by atoms with Gasteiger partial charge in [0, 0.05) is 55.3 Å². The molecule has 7 heteroatoms. The van der Waals surface area contributed by atoms with Gasteiger partial charge in [-0.25, -0.2) is 9.98 Å². The van der Waals surface area contributed by atoms with Crippen LogP contribution in [-0.2, 0) is 11.2 Å². The number of rotatable bonds is 4. The first-order valence-corrected chi connectivity index (χ1v) is 14.0. The Labute approximate surface area is 224 Å². The van der Waals surface area contributed by atoms with E-state index in [9.17, 15) is 4.79 Å². The summed E-state index contributed by atoms with van der Waals surface area (Å²) >= 11 is 1.71. The smallest absolute Gasteiger partial charge is 0.236 e.